The van der Waals surface area contributed by atoms with Gasteiger partial charge >= 0.3 is 0 Å². The Labute approximate surface area is 121 Å². The van der Waals surface area contributed by atoms with Crippen LogP contribution in [0.1, 0.15) is 0 Å². The average Bonchev–Trinajstić information content (AvgIpc) is 2.87. The second kappa shape index (κ2) is 5.92. The molecular weight excluding hydrogens is 272 g/mol. The summed E-state index contributed by atoms with van der Waals surface area (Å²) in [5, 5.41) is 6.13. The molecule has 0 N–H and O–H groups in total. The fourth-order valence-electron chi connectivity index (χ4n) is 1.87. The molecule has 0 bridgehead atoms. The number of aryl methyl sites for hydroxylation is 1. The van der Waals surface area contributed by atoms with Gasteiger partial charge in [-0.05, 0) is 12.1 Å². The van der Waals surface area contributed by atoms with E-state index >= 15 is 0 Å². The van der Waals surface area contributed by atoms with E-state index in [-0.39, 0.29) is 0 Å². The molecule has 2 aromatic heterocycles. The van der Waals surface area contributed by atoms with Gasteiger partial charge in [0.15, 0.2) is 5.65 Å². The predicted octanol–water partition coefficient (Wildman–Crippen LogP) is 2.53. The molecule has 0 amide bonds. The van der Waals surface area contributed by atoms with Crippen LogP contribution in [0.25, 0.3) is 11.0 Å². The van der Waals surface area contributed by atoms with Crippen LogP contribution in [0, 0.1) is 0 Å². The molecule has 0 fully saturated rings. The highest BCUT2D eigenvalue weighted by Gasteiger charge is 2.07. The van der Waals surface area contributed by atoms with Crippen molar-refractivity contribution in [3.8, 4) is 5.75 Å². The molecule has 3 aromatic rings. The van der Waals surface area contributed by atoms with Crippen LogP contribution in [0.5, 0.6) is 5.75 Å². The molecule has 0 atom stereocenters. The maximum absolute atomic E-state index is 5.66. The standard InChI is InChI=1S/C14H14N4OS/c1-18-13-12(9-17-18)14(16-10-15-13)20-8-7-19-11-5-3-2-4-6-11/h2-6,9-10H,7-8H2,1H3. The summed E-state index contributed by atoms with van der Waals surface area (Å²) in [6.45, 7) is 0.639. The van der Waals surface area contributed by atoms with Crippen molar-refractivity contribution in [3.05, 3.63) is 42.9 Å². The van der Waals surface area contributed by atoms with Gasteiger partial charge in [-0.15, -0.1) is 11.8 Å². The number of rotatable bonds is 5. The number of hydrogen-bond donors (Lipinski definition) is 0. The van der Waals surface area contributed by atoms with Gasteiger partial charge in [0.2, 0.25) is 0 Å². The maximum Gasteiger partial charge on any atom is 0.162 e. The number of fused-ring (bicyclic) bond motifs is 1. The zero-order valence-corrected chi connectivity index (χ0v) is 11.9. The van der Waals surface area contributed by atoms with E-state index in [1.165, 1.54) is 0 Å². The first-order valence-electron chi connectivity index (χ1n) is 6.28. The third-order valence-corrected chi connectivity index (χ3v) is 3.80. The van der Waals surface area contributed by atoms with E-state index in [1.54, 1.807) is 29.0 Å². The number of thioether (sulfide) groups is 1. The summed E-state index contributed by atoms with van der Waals surface area (Å²) in [5.41, 5.74) is 0.853. The molecule has 3 rings (SSSR count). The van der Waals surface area contributed by atoms with Crippen LogP contribution in [0.3, 0.4) is 0 Å². The highest BCUT2D eigenvalue weighted by Crippen LogP contribution is 2.23. The van der Waals surface area contributed by atoms with Gasteiger partial charge in [-0.1, -0.05) is 18.2 Å². The summed E-state index contributed by atoms with van der Waals surface area (Å²) in [6.07, 6.45) is 3.38. The van der Waals surface area contributed by atoms with Crippen molar-refractivity contribution in [2.75, 3.05) is 12.4 Å². The Hall–Kier alpha value is -2.08. The Balaban J connectivity index is 1.60. The van der Waals surface area contributed by atoms with Crippen molar-refractivity contribution < 1.29 is 4.74 Å². The predicted molar refractivity (Wildman–Crippen MR) is 79.0 cm³/mol. The highest BCUT2D eigenvalue weighted by atomic mass is 32.2. The third-order valence-electron chi connectivity index (χ3n) is 2.83. The minimum absolute atomic E-state index is 0.639. The summed E-state index contributed by atoms with van der Waals surface area (Å²) >= 11 is 1.65. The Morgan fingerprint density at radius 3 is 2.90 bits per heavy atom. The summed E-state index contributed by atoms with van der Waals surface area (Å²) in [4.78, 5) is 8.53. The van der Waals surface area contributed by atoms with Crippen LogP contribution in [-0.2, 0) is 7.05 Å². The van der Waals surface area contributed by atoms with E-state index in [0.717, 1.165) is 27.6 Å². The number of aromatic nitrogens is 4. The third kappa shape index (κ3) is 2.75. The lowest BCUT2D eigenvalue weighted by atomic mass is 10.3. The topological polar surface area (TPSA) is 52.8 Å². The first-order valence-corrected chi connectivity index (χ1v) is 7.26. The smallest absolute Gasteiger partial charge is 0.162 e. The van der Waals surface area contributed by atoms with Crippen molar-refractivity contribution in [2.45, 2.75) is 5.03 Å². The Morgan fingerprint density at radius 1 is 1.20 bits per heavy atom. The molecule has 6 heteroatoms. The number of nitrogens with zero attached hydrogens (tertiary/aromatic N) is 4. The van der Waals surface area contributed by atoms with Gasteiger partial charge in [0.1, 0.15) is 17.1 Å². The zero-order chi connectivity index (χ0) is 13.8. The molecule has 0 saturated heterocycles. The minimum atomic E-state index is 0.639. The van der Waals surface area contributed by atoms with Gasteiger partial charge in [-0.3, -0.25) is 4.68 Å². The number of para-hydroxylation sites is 1. The molecule has 0 saturated carbocycles. The van der Waals surface area contributed by atoms with Gasteiger partial charge in [0.25, 0.3) is 0 Å². The second-order valence-electron chi connectivity index (χ2n) is 4.19. The molecule has 5 nitrogen and oxygen atoms in total. The molecule has 0 aliphatic rings. The molecule has 1 aromatic carbocycles. The lowest BCUT2D eigenvalue weighted by Crippen LogP contribution is -2.00. The van der Waals surface area contributed by atoms with Gasteiger partial charge in [0.05, 0.1) is 18.2 Å². The number of ether oxygens (including phenoxy) is 1. The summed E-state index contributed by atoms with van der Waals surface area (Å²) in [7, 11) is 1.88. The molecular formula is C14H14N4OS. The Kier molecular flexibility index (Phi) is 3.83. The summed E-state index contributed by atoms with van der Waals surface area (Å²) < 4.78 is 7.41. The van der Waals surface area contributed by atoms with Gasteiger partial charge in [-0.25, -0.2) is 9.97 Å². The molecule has 0 radical (unpaired) electrons. The van der Waals surface area contributed by atoms with E-state index in [2.05, 4.69) is 15.1 Å². The number of benzene rings is 1. The van der Waals surface area contributed by atoms with Crippen LogP contribution < -0.4 is 4.74 Å². The molecule has 0 spiro atoms. The lowest BCUT2D eigenvalue weighted by Gasteiger charge is -2.05. The Morgan fingerprint density at radius 2 is 2.05 bits per heavy atom. The van der Waals surface area contributed by atoms with Crippen LogP contribution >= 0.6 is 11.8 Å². The quantitative estimate of drug-likeness (QED) is 0.410. The van der Waals surface area contributed by atoms with Crippen molar-refractivity contribution in [2.24, 2.45) is 7.05 Å². The van der Waals surface area contributed by atoms with Gasteiger partial charge in [-0.2, -0.15) is 5.10 Å². The van der Waals surface area contributed by atoms with Gasteiger partial charge in [0, 0.05) is 12.8 Å². The fourth-order valence-corrected chi connectivity index (χ4v) is 2.65. The van der Waals surface area contributed by atoms with Crippen LogP contribution in [0.2, 0.25) is 0 Å². The first-order chi connectivity index (χ1) is 9.84. The van der Waals surface area contributed by atoms with Crippen molar-refractivity contribution in [1.82, 2.24) is 19.7 Å². The van der Waals surface area contributed by atoms with Crippen LogP contribution in [-0.4, -0.2) is 32.1 Å². The van der Waals surface area contributed by atoms with E-state index in [4.69, 9.17) is 4.74 Å². The maximum atomic E-state index is 5.66. The highest BCUT2D eigenvalue weighted by molar-refractivity contribution is 7.99. The second-order valence-corrected chi connectivity index (χ2v) is 5.28. The molecule has 2 heterocycles. The number of hydrogen-bond acceptors (Lipinski definition) is 5. The largest absolute Gasteiger partial charge is 0.493 e. The molecule has 0 aliphatic carbocycles. The van der Waals surface area contributed by atoms with Crippen molar-refractivity contribution in [1.29, 1.82) is 0 Å². The molecule has 102 valence electrons. The van der Waals surface area contributed by atoms with Crippen molar-refractivity contribution in [3.63, 3.8) is 0 Å². The van der Waals surface area contributed by atoms with Gasteiger partial charge < -0.3 is 4.74 Å². The lowest BCUT2D eigenvalue weighted by molar-refractivity contribution is 0.344. The van der Waals surface area contributed by atoms with Crippen molar-refractivity contribution >= 4 is 22.8 Å². The monoisotopic (exact) mass is 286 g/mol. The summed E-state index contributed by atoms with van der Waals surface area (Å²) in [5.74, 6) is 1.72. The summed E-state index contributed by atoms with van der Waals surface area (Å²) in [6, 6.07) is 9.81. The first kappa shape index (κ1) is 12.9. The fraction of sp³-hybridized carbons (Fsp3) is 0.214. The molecule has 0 aliphatic heterocycles. The van der Waals surface area contributed by atoms with Crippen LogP contribution in [0.4, 0.5) is 0 Å². The van der Waals surface area contributed by atoms with E-state index in [1.807, 2.05) is 37.4 Å². The normalized spacial score (nSPS) is 10.8. The van der Waals surface area contributed by atoms with Crippen LogP contribution in [0.15, 0.2) is 47.9 Å². The molecule has 20 heavy (non-hydrogen) atoms. The van der Waals surface area contributed by atoms with E-state index in [0.29, 0.717) is 6.61 Å². The average molecular weight is 286 g/mol. The van der Waals surface area contributed by atoms with E-state index in [9.17, 15) is 0 Å². The SMILES string of the molecule is Cn1ncc2c(SCCOc3ccccc3)ncnc21. The molecule has 0 unspecified atom stereocenters. The zero-order valence-electron chi connectivity index (χ0n) is 11.1. The van der Waals surface area contributed by atoms with E-state index < -0.39 is 0 Å². The Bertz CT molecular complexity index is 699. The minimum Gasteiger partial charge on any atom is -0.493 e.